The van der Waals surface area contributed by atoms with Gasteiger partial charge in [0, 0.05) is 5.69 Å². The van der Waals surface area contributed by atoms with Crippen molar-refractivity contribution in [1.29, 1.82) is 0 Å². The van der Waals surface area contributed by atoms with E-state index in [4.69, 9.17) is 5.21 Å². The summed E-state index contributed by atoms with van der Waals surface area (Å²) in [5.74, 6) is 0.0432. The Bertz CT molecular complexity index is 457. The molecule has 0 aliphatic carbocycles. The number of oxime groups is 1. The van der Waals surface area contributed by atoms with Crippen LogP contribution in [0.2, 0.25) is 0 Å². The van der Waals surface area contributed by atoms with E-state index in [-0.39, 0.29) is 5.75 Å². The minimum atomic E-state index is 0.0432. The molecule has 0 spiro atoms. The standard InChI is InChI=1S/C16H25N3O2/c20-16-9-8-14(18-15(16)13-17-21)7-3-1-4-10-19-11-5-2-6-12-19/h8-9,13,20-21H,1-7,10-12H2. The molecule has 1 aliphatic rings. The van der Waals surface area contributed by atoms with Crippen molar-refractivity contribution in [3.63, 3.8) is 0 Å². The summed E-state index contributed by atoms with van der Waals surface area (Å²) in [7, 11) is 0. The van der Waals surface area contributed by atoms with Crippen LogP contribution in [0.4, 0.5) is 0 Å². The summed E-state index contributed by atoms with van der Waals surface area (Å²) in [6.07, 6.45) is 9.69. The zero-order chi connectivity index (χ0) is 14.9. The van der Waals surface area contributed by atoms with Gasteiger partial charge in [0.1, 0.15) is 11.4 Å². The van der Waals surface area contributed by atoms with Crippen LogP contribution in [-0.4, -0.2) is 46.0 Å². The zero-order valence-electron chi connectivity index (χ0n) is 12.5. The van der Waals surface area contributed by atoms with Gasteiger partial charge in [-0.2, -0.15) is 0 Å². The van der Waals surface area contributed by atoms with Crippen LogP contribution in [0.15, 0.2) is 17.3 Å². The normalized spacial score (nSPS) is 16.6. The lowest BCUT2D eigenvalue weighted by Gasteiger charge is -2.26. The molecule has 0 amide bonds. The van der Waals surface area contributed by atoms with Gasteiger partial charge in [0.2, 0.25) is 0 Å². The molecule has 0 atom stereocenters. The zero-order valence-corrected chi connectivity index (χ0v) is 12.5. The average Bonchev–Trinajstić information content (AvgIpc) is 2.51. The van der Waals surface area contributed by atoms with E-state index >= 15 is 0 Å². The van der Waals surface area contributed by atoms with Crippen LogP contribution >= 0.6 is 0 Å². The topological polar surface area (TPSA) is 69.0 Å². The van der Waals surface area contributed by atoms with Gasteiger partial charge in [-0.3, -0.25) is 0 Å². The summed E-state index contributed by atoms with van der Waals surface area (Å²) >= 11 is 0. The number of hydrogen-bond donors (Lipinski definition) is 2. The second-order valence-corrected chi connectivity index (χ2v) is 5.66. The lowest BCUT2D eigenvalue weighted by atomic mass is 10.1. The van der Waals surface area contributed by atoms with E-state index in [0.717, 1.165) is 24.8 Å². The second kappa shape index (κ2) is 8.62. The number of pyridine rings is 1. The maximum absolute atomic E-state index is 9.55. The number of piperidine rings is 1. The predicted octanol–water partition coefficient (Wildman–Crippen LogP) is 2.79. The van der Waals surface area contributed by atoms with Crippen LogP contribution in [0.3, 0.4) is 0 Å². The Kier molecular flexibility index (Phi) is 6.47. The third-order valence-electron chi connectivity index (χ3n) is 4.00. The maximum Gasteiger partial charge on any atom is 0.142 e. The molecule has 21 heavy (non-hydrogen) atoms. The summed E-state index contributed by atoms with van der Waals surface area (Å²) in [6, 6.07) is 3.43. The molecule has 5 heteroatoms. The number of aromatic nitrogens is 1. The van der Waals surface area contributed by atoms with Crippen LogP contribution in [0.1, 0.15) is 49.9 Å². The number of unbranched alkanes of at least 4 members (excludes halogenated alkanes) is 2. The summed E-state index contributed by atoms with van der Waals surface area (Å²) in [4.78, 5) is 6.85. The number of hydrogen-bond acceptors (Lipinski definition) is 5. The highest BCUT2D eigenvalue weighted by molar-refractivity contribution is 5.80. The number of aryl methyl sites for hydroxylation is 1. The highest BCUT2D eigenvalue weighted by Gasteiger charge is 2.09. The minimum absolute atomic E-state index is 0.0432. The Morgan fingerprint density at radius 1 is 1.14 bits per heavy atom. The van der Waals surface area contributed by atoms with Crippen molar-refractivity contribution in [2.24, 2.45) is 5.16 Å². The summed E-state index contributed by atoms with van der Waals surface area (Å²) < 4.78 is 0. The average molecular weight is 291 g/mol. The lowest BCUT2D eigenvalue weighted by Crippen LogP contribution is -2.30. The number of nitrogens with zero attached hydrogens (tertiary/aromatic N) is 3. The Hall–Kier alpha value is -1.62. The van der Waals surface area contributed by atoms with Crippen LogP contribution in [0.5, 0.6) is 5.75 Å². The molecule has 116 valence electrons. The molecule has 0 aromatic carbocycles. The van der Waals surface area contributed by atoms with Gasteiger partial charge in [0.15, 0.2) is 0 Å². The first kappa shape index (κ1) is 15.8. The quantitative estimate of drug-likeness (QED) is 0.351. The van der Waals surface area contributed by atoms with Gasteiger partial charge < -0.3 is 15.2 Å². The molecule has 5 nitrogen and oxygen atoms in total. The lowest BCUT2D eigenvalue weighted by molar-refractivity contribution is 0.224. The summed E-state index contributed by atoms with van der Waals surface area (Å²) in [6.45, 7) is 3.75. The van der Waals surface area contributed by atoms with Gasteiger partial charge in [-0.1, -0.05) is 18.0 Å². The monoisotopic (exact) mass is 291 g/mol. The van der Waals surface area contributed by atoms with Crippen LogP contribution in [0, 0.1) is 0 Å². The van der Waals surface area contributed by atoms with Crippen molar-refractivity contribution < 1.29 is 10.3 Å². The molecule has 0 radical (unpaired) electrons. The summed E-state index contributed by atoms with van der Waals surface area (Å²) in [5, 5.41) is 21.0. The fourth-order valence-corrected chi connectivity index (χ4v) is 2.80. The molecular weight excluding hydrogens is 266 g/mol. The Labute approximate surface area is 126 Å². The van der Waals surface area contributed by atoms with E-state index in [2.05, 4.69) is 15.0 Å². The van der Waals surface area contributed by atoms with E-state index in [0.29, 0.717) is 5.69 Å². The van der Waals surface area contributed by atoms with Crippen LogP contribution in [0.25, 0.3) is 0 Å². The van der Waals surface area contributed by atoms with Crippen molar-refractivity contribution in [3.8, 4) is 5.75 Å². The molecular formula is C16H25N3O2. The molecule has 1 aromatic heterocycles. The predicted molar refractivity (Wildman–Crippen MR) is 83.1 cm³/mol. The molecule has 2 heterocycles. The first-order chi connectivity index (χ1) is 10.3. The molecule has 1 aliphatic heterocycles. The maximum atomic E-state index is 9.55. The summed E-state index contributed by atoms with van der Waals surface area (Å²) in [5.41, 5.74) is 1.25. The van der Waals surface area contributed by atoms with Gasteiger partial charge in [0.25, 0.3) is 0 Å². The molecule has 2 N–H and O–H groups in total. The van der Waals surface area contributed by atoms with Gasteiger partial charge in [-0.15, -0.1) is 0 Å². The third kappa shape index (κ3) is 5.34. The molecule has 1 saturated heterocycles. The Balaban J connectivity index is 1.67. The van der Waals surface area contributed by atoms with Crippen molar-refractivity contribution >= 4 is 6.21 Å². The fourth-order valence-electron chi connectivity index (χ4n) is 2.80. The molecule has 0 unspecified atom stereocenters. The van der Waals surface area contributed by atoms with Crippen LogP contribution < -0.4 is 0 Å². The highest BCUT2D eigenvalue weighted by Crippen LogP contribution is 2.15. The first-order valence-electron chi connectivity index (χ1n) is 7.88. The number of likely N-dealkylation sites (tertiary alicyclic amines) is 1. The largest absolute Gasteiger partial charge is 0.506 e. The Morgan fingerprint density at radius 2 is 1.95 bits per heavy atom. The fraction of sp³-hybridized carbons (Fsp3) is 0.625. The van der Waals surface area contributed by atoms with E-state index < -0.39 is 0 Å². The van der Waals surface area contributed by atoms with Crippen LogP contribution in [-0.2, 0) is 6.42 Å². The van der Waals surface area contributed by atoms with Gasteiger partial charge in [-0.25, -0.2) is 4.98 Å². The van der Waals surface area contributed by atoms with E-state index in [1.54, 1.807) is 6.07 Å². The van der Waals surface area contributed by atoms with Crippen molar-refractivity contribution in [1.82, 2.24) is 9.88 Å². The van der Waals surface area contributed by atoms with Crippen molar-refractivity contribution in [2.45, 2.75) is 44.9 Å². The van der Waals surface area contributed by atoms with E-state index in [1.807, 2.05) is 6.07 Å². The molecule has 0 saturated carbocycles. The highest BCUT2D eigenvalue weighted by atomic mass is 16.4. The smallest absolute Gasteiger partial charge is 0.142 e. The minimum Gasteiger partial charge on any atom is -0.506 e. The number of rotatable bonds is 7. The first-order valence-corrected chi connectivity index (χ1v) is 7.88. The second-order valence-electron chi connectivity index (χ2n) is 5.66. The van der Waals surface area contributed by atoms with Gasteiger partial charge in [0.05, 0.1) is 6.21 Å². The molecule has 1 aromatic rings. The van der Waals surface area contributed by atoms with E-state index in [9.17, 15) is 5.11 Å². The van der Waals surface area contributed by atoms with Gasteiger partial charge in [-0.05, 0) is 63.9 Å². The Morgan fingerprint density at radius 3 is 2.71 bits per heavy atom. The van der Waals surface area contributed by atoms with Crippen molar-refractivity contribution in [3.05, 3.63) is 23.5 Å². The number of aromatic hydroxyl groups is 1. The molecule has 1 fully saturated rings. The molecule has 0 bridgehead atoms. The molecule has 2 rings (SSSR count). The van der Waals surface area contributed by atoms with E-state index in [1.165, 1.54) is 51.7 Å². The van der Waals surface area contributed by atoms with Crippen molar-refractivity contribution in [2.75, 3.05) is 19.6 Å². The third-order valence-corrected chi connectivity index (χ3v) is 4.00. The van der Waals surface area contributed by atoms with Gasteiger partial charge >= 0.3 is 0 Å². The SMILES string of the molecule is ON=Cc1nc(CCCCCN2CCCCC2)ccc1O.